The van der Waals surface area contributed by atoms with Crippen LogP contribution < -0.4 is 10.6 Å². The van der Waals surface area contributed by atoms with Crippen LogP contribution in [0.15, 0.2) is 61.2 Å². The van der Waals surface area contributed by atoms with Gasteiger partial charge in [-0.2, -0.15) is 5.10 Å². The van der Waals surface area contributed by atoms with Crippen molar-refractivity contribution in [3.63, 3.8) is 0 Å². The number of aromatic nitrogens is 3. The van der Waals surface area contributed by atoms with Gasteiger partial charge in [0.05, 0.1) is 28.9 Å². The van der Waals surface area contributed by atoms with Gasteiger partial charge in [0, 0.05) is 0 Å². The molecule has 1 unspecified atom stereocenters. The van der Waals surface area contributed by atoms with E-state index in [1.165, 1.54) is 6.33 Å². The summed E-state index contributed by atoms with van der Waals surface area (Å²) in [5, 5.41) is 9.83. The molecule has 0 spiro atoms. The maximum Gasteiger partial charge on any atom is 0.253 e. The molecule has 3 aromatic rings. The molecule has 0 aliphatic carbocycles. The van der Waals surface area contributed by atoms with E-state index in [-0.39, 0.29) is 24.4 Å². The quantitative estimate of drug-likeness (QED) is 0.684. The molecule has 3 rings (SSSR count). The number of amides is 2. The van der Waals surface area contributed by atoms with Gasteiger partial charge in [0.2, 0.25) is 5.91 Å². The highest BCUT2D eigenvalue weighted by atomic mass is 35.5. The Morgan fingerprint density at radius 1 is 1.15 bits per heavy atom. The molecule has 1 aromatic heterocycles. The first-order chi connectivity index (χ1) is 13.0. The van der Waals surface area contributed by atoms with E-state index < -0.39 is 0 Å². The van der Waals surface area contributed by atoms with Crippen LogP contribution in [0.1, 0.15) is 28.9 Å². The molecule has 0 fully saturated rings. The molecule has 0 saturated carbocycles. The average molecular weight is 384 g/mol. The highest BCUT2D eigenvalue weighted by Crippen LogP contribution is 2.16. The number of carbonyl (C=O) groups excluding carboxylic acids is 2. The summed E-state index contributed by atoms with van der Waals surface area (Å²) in [5.74, 6) is -0.677. The van der Waals surface area contributed by atoms with E-state index in [0.717, 1.165) is 11.3 Å². The van der Waals surface area contributed by atoms with Crippen molar-refractivity contribution < 1.29 is 9.59 Å². The van der Waals surface area contributed by atoms with E-state index >= 15 is 0 Å². The molecule has 0 radical (unpaired) electrons. The highest BCUT2D eigenvalue weighted by molar-refractivity contribution is 6.33. The Kier molecular flexibility index (Phi) is 5.83. The number of rotatable bonds is 6. The van der Waals surface area contributed by atoms with Crippen LogP contribution in [0.5, 0.6) is 0 Å². The molecule has 7 nitrogen and oxygen atoms in total. The lowest BCUT2D eigenvalue weighted by Crippen LogP contribution is -2.38. The monoisotopic (exact) mass is 383 g/mol. The summed E-state index contributed by atoms with van der Waals surface area (Å²) in [6, 6.07) is 14.1. The third kappa shape index (κ3) is 4.71. The van der Waals surface area contributed by atoms with Crippen molar-refractivity contribution in [2.75, 3.05) is 6.54 Å². The predicted octanol–water partition coefficient (Wildman–Crippen LogP) is 2.53. The zero-order valence-electron chi connectivity index (χ0n) is 14.6. The minimum atomic E-state index is -0.388. The standard InChI is InChI=1S/C19H18ClN5O2/c1-13(14-6-8-15(9-7-14)25-12-21-11-23-25)24-18(26)10-22-19(27)16-4-2-3-5-17(16)20/h2-9,11-13H,10H2,1H3,(H,22,27)(H,24,26). The van der Waals surface area contributed by atoms with Crippen LogP contribution >= 0.6 is 11.6 Å². The van der Waals surface area contributed by atoms with Gasteiger partial charge in [0.1, 0.15) is 12.7 Å². The van der Waals surface area contributed by atoms with Crippen molar-refractivity contribution in [3.05, 3.63) is 77.3 Å². The van der Waals surface area contributed by atoms with Crippen LogP contribution in [0.3, 0.4) is 0 Å². The van der Waals surface area contributed by atoms with Gasteiger partial charge in [-0.05, 0) is 36.8 Å². The van der Waals surface area contributed by atoms with Crippen LogP contribution in [-0.4, -0.2) is 33.1 Å². The lowest BCUT2D eigenvalue weighted by Gasteiger charge is -2.15. The Morgan fingerprint density at radius 2 is 1.89 bits per heavy atom. The van der Waals surface area contributed by atoms with Crippen molar-refractivity contribution in [2.24, 2.45) is 0 Å². The largest absolute Gasteiger partial charge is 0.348 e. The highest BCUT2D eigenvalue weighted by Gasteiger charge is 2.13. The topological polar surface area (TPSA) is 88.9 Å². The second kappa shape index (κ2) is 8.46. The predicted molar refractivity (Wildman–Crippen MR) is 102 cm³/mol. The fourth-order valence-electron chi connectivity index (χ4n) is 2.53. The van der Waals surface area contributed by atoms with E-state index in [1.807, 2.05) is 31.2 Å². The van der Waals surface area contributed by atoms with Crippen LogP contribution in [0.2, 0.25) is 5.02 Å². The summed E-state index contributed by atoms with van der Waals surface area (Å²) in [4.78, 5) is 28.1. The number of hydrogen-bond donors (Lipinski definition) is 2. The van der Waals surface area contributed by atoms with Crippen LogP contribution in [-0.2, 0) is 4.79 Å². The van der Waals surface area contributed by atoms with E-state index in [9.17, 15) is 9.59 Å². The summed E-state index contributed by atoms with van der Waals surface area (Å²) in [6.45, 7) is 1.74. The molecule has 27 heavy (non-hydrogen) atoms. The Balaban J connectivity index is 1.53. The normalized spacial score (nSPS) is 11.6. The number of nitrogens with one attached hydrogen (secondary N) is 2. The van der Waals surface area contributed by atoms with Gasteiger partial charge in [-0.15, -0.1) is 0 Å². The second-order valence-electron chi connectivity index (χ2n) is 5.88. The minimum Gasteiger partial charge on any atom is -0.348 e. The lowest BCUT2D eigenvalue weighted by molar-refractivity contribution is -0.120. The zero-order valence-corrected chi connectivity index (χ0v) is 15.3. The molecular weight excluding hydrogens is 366 g/mol. The van der Waals surface area contributed by atoms with Gasteiger partial charge < -0.3 is 10.6 Å². The van der Waals surface area contributed by atoms with Gasteiger partial charge in [0.25, 0.3) is 5.91 Å². The number of carbonyl (C=O) groups is 2. The molecule has 0 bridgehead atoms. The molecule has 138 valence electrons. The van der Waals surface area contributed by atoms with E-state index in [4.69, 9.17) is 11.6 Å². The molecule has 2 amide bonds. The fourth-order valence-corrected chi connectivity index (χ4v) is 2.76. The summed E-state index contributed by atoms with van der Waals surface area (Å²) in [5.41, 5.74) is 2.15. The Morgan fingerprint density at radius 3 is 2.56 bits per heavy atom. The summed E-state index contributed by atoms with van der Waals surface area (Å²) in [7, 11) is 0. The van der Waals surface area contributed by atoms with Gasteiger partial charge in [0.15, 0.2) is 0 Å². The van der Waals surface area contributed by atoms with E-state index in [0.29, 0.717) is 10.6 Å². The van der Waals surface area contributed by atoms with Gasteiger partial charge >= 0.3 is 0 Å². The Labute approximate surface area is 161 Å². The SMILES string of the molecule is CC(NC(=O)CNC(=O)c1ccccc1Cl)c1ccc(-n2cncn2)cc1. The molecule has 1 heterocycles. The molecule has 1 atom stereocenters. The van der Waals surface area contributed by atoms with Gasteiger partial charge in [-0.1, -0.05) is 35.9 Å². The van der Waals surface area contributed by atoms with Crippen LogP contribution in [0.25, 0.3) is 5.69 Å². The first-order valence-corrected chi connectivity index (χ1v) is 8.69. The number of halogens is 1. The van der Waals surface area contributed by atoms with E-state index in [2.05, 4.69) is 20.7 Å². The molecule has 8 heteroatoms. The molecular formula is C19H18ClN5O2. The average Bonchev–Trinajstić information content (AvgIpc) is 3.21. The minimum absolute atomic E-state index is 0.133. The van der Waals surface area contributed by atoms with Crippen molar-refractivity contribution in [1.29, 1.82) is 0 Å². The Bertz CT molecular complexity index is 926. The molecule has 2 aromatic carbocycles. The smallest absolute Gasteiger partial charge is 0.253 e. The van der Waals surface area contributed by atoms with Crippen molar-refractivity contribution >= 4 is 23.4 Å². The molecule has 0 aliphatic rings. The second-order valence-corrected chi connectivity index (χ2v) is 6.29. The van der Waals surface area contributed by atoms with Crippen molar-refractivity contribution in [2.45, 2.75) is 13.0 Å². The zero-order chi connectivity index (χ0) is 19.2. The molecule has 0 aliphatic heterocycles. The summed E-state index contributed by atoms with van der Waals surface area (Å²) in [6.07, 6.45) is 3.08. The van der Waals surface area contributed by atoms with Gasteiger partial charge in [-0.3, -0.25) is 9.59 Å². The lowest BCUT2D eigenvalue weighted by atomic mass is 10.1. The molecule has 0 saturated heterocycles. The van der Waals surface area contributed by atoms with Gasteiger partial charge in [-0.25, -0.2) is 9.67 Å². The summed E-state index contributed by atoms with van der Waals surface area (Å²) >= 11 is 5.98. The fraction of sp³-hybridized carbons (Fsp3) is 0.158. The number of benzene rings is 2. The van der Waals surface area contributed by atoms with Crippen LogP contribution in [0, 0.1) is 0 Å². The third-order valence-electron chi connectivity index (χ3n) is 3.98. The molecule has 2 N–H and O–H groups in total. The maximum atomic E-state index is 12.1. The van der Waals surface area contributed by atoms with Crippen molar-refractivity contribution in [1.82, 2.24) is 25.4 Å². The van der Waals surface area contributed by atoms with E-state index in [1.54, 1.807) is 35.3 Å². The van der Waals surface area contributed by atoms with Crippen molar-refractivity contribution in [3.8, 4) is 5.69 Å². The Hall–Kier alpha value is -3.19. The van der Waals surface area contributed by atoms with Crippen LogP contribution in [0.4, 0.5) is 0 Å². The number of hydrogen-bond acceptors (Lipinski definition) is 4. The first kappa shape index (κ1) is 18.6. The first-order valence-electron chi connectivity index (χ1n) is 8.31. The third-order valence-corrected chi connectivity index (χ3v) is 4.31. The number of nitrogens with zero attached hydrogens (tertiary/aromatic N) is 3. The maximum absolute atomic E-state index is 12.1. The summed E-state index contributed by atoms with van der Waals surface area (Å²) < 4.78 is 1.65.